The first-order valence-corrected chi connectivity index (χ1v) is 5.39. The topological polar surface area (TPSA) is 89.2 Å². The molecule has 1 heterocycles. The summed E-state index contributed by atoms with van der Waals surface area (Å²) in [6, 6.07) is 0. The summed E-state index contributed by atoms with van der Waals surface area (Å²) in [5, 5.41) is 16.4. The standard InChI is InChI=1S/C10H18N4O3/c1-5-10(2,17)6-11-7-8(15)13(3)9(16)14(4)12-7/h17H,5-6H2,1-4H3,(H,11,12). The number of aliphatic hydroxyl groups is 1. The zero-order valence-electron chi connectivity index (χ0n) is 10.5. The van der Waals surface area contributed by atoms with Crippen LogP contribution in [0.1, 0.15) is 20.3 Å². The smallest absolute Gasteiger partial charge is 0.346 e. The summed E-state index contributed by atoms with van der Waals surface area (Å²) in [5.74, 6) is 0.0586. The molecule has 0 bridgehead atoms. The molecule has 7 heteroatoms. The van der Waals surface area contributed by atoms with Crippen molar-refractivity contribution in [2.45, 2.75) is 25.9 Å². The van der Waals surface area contributed by atoms with E-state index in [-0.39, 0.29) is 12.4 Å². The maximum absolute atomic E-state index is 11.7. The van der Waals surface area contributed by atoms with Crippen molar-refractivity contribution in [3.05, 3.63) is 20.8 Å². The van der Waals surface area contributed by atoms with Crippen LogP contribution >= 0.6 is 0 Å². The van der Waals surface area contributed by atoms with E-state index < -0.39 is 16.9 Å². The lowest BCUT2D eigenvalue weighted by molar-refractivity contribution is 0.0696. The molecular formula is C10H18N4O3. The zero-order chi connectivity index (χ0) is 13.2. The maximum Gasteiger partial charge on any atom is 0.346 e. The first kappa shape index (κ1) is 13.4. The van der Waals surface area contributed by atoms with Crippen molar-refractivity contribution >= 4 is 5.82 Å². The van der Waals surface area contributed by atoms with Crippen LogP contribution in [0.2, 0.25) is 0 Å². The molecule has 0 aliphatic rings. The fourth-order valence-electron chi connectivity index (χ4n) is 1.21. The molecule has 0 fully saturated rings. The van der Waals surface area contributed by atoms with Gasteiger partial charge < -0.3 is 10.4 Å². The molecule has 1 unspecified atom stereocenters. The van der Waals surface area contributed by atoms with Gasteiger partial charge in [0, 0.05) is 20.6 Å². The average Bonchev–Trinajstić information content (AvgIpc) is 2.29. The summed E-state index contributed by atoms with van der Waals surface area (Å²) < 4.78 is 2.04. The van der Waals surface area contributed by atoms with Gasteiger partial charge in [-0.2, -0.15) is 0 Å². The van der Waals surface area contributed by atoms with E-state index in [2.05, 4.69) is 10.4 Å². The number of hydrogen-bond donors (Lipinski definition) is 2. The van der Waals surface area contributed by atoms with Gasteiger partial charge in [0.2, 0.25) is 5.82 Å². The normalized spacial score (nSPS) is 14.4. The van der Waals surface area contributed by atoms with Crippen LogP contribution < -0.4 is 16.6 Å². The van der Waals surface area contributed by atoms with Crippen LogP contribution in [0.25, 0.3) is 0 Å². The number of nitrogens with one attached hydrogen (secondary N) is 1. The predicted octanol–water partition coefficient (Wildman–Crippen LogP) is -0.948. The van der Waals surface area contributed by atoms with Gasteiger partial charge in [0.15, 0.2) is 0 Å². The number of hydrogen-bond acceptors (Lipinski definition) is 5. The second kappa shape index (κ2) is 4.70. The van der Waals surface area contributed by atoms with E-state index in [1.165, 1.54) is 14.1 Å². The van der Waals surface area contributed by atoms with E-state index in [0.717, 1.165) is 9.25 Å². The largest absolute Gasteiger partial charge is 0.388 e. The Bertz CT molecular complexity index is 515. The second-order valence-corrected chi connectivity index (χ2v) is 4.32. The minimum absolute atomic E-state index is 0.0586. The molecule has 0 radical (unpaired) electrons. The van der Waals surface area contributed by atoms with Crippen LogP contribution in [0.5, 0.6) is 0 Å². The molecular weight excluding hydrogens is 224 g/mol. The summed E-state index contributed by atoms with van der Waals surface area (Å²) in [4.78, 5) is 23.1. The number of rotatable bonds is 4. The lowest BCUT2D eigenvalue weighted by atomic mass is 10.0. The Hall–Kier alpha value is -1.63. The molecule has 0 saturated heterocycles. The maximum atomic E-state index is 11.7. The van der Waals surface area contributed by atoms with Crippen LogP contribution in [-0.2, 0) is 14.1 Å². The first-order chi connectivity index (χ1) is 7.78. The second-order valence-electron chi connectivity index (χ2n) is 4.32. The quantitative estimate of drug-likeness (QED) is 0.710. The first-order valence-electron chi connectivity index (χ1n) is 5.39. The van der Waals surface area contributed by atoms with E-state index in [0.29, 0.717) is 6.42 Å². The van der Waals surface area contributed by atoms with Crippen LogP contribution in [0, 0.1) is 0 Å². The van der Waals surface area contributed by atoms with E-state index >= 15 is 0 Å². The molecule has 7 nitrogen and oxygen atoms in total. The van der Waals surface area contributed by atoms with Crippen LogP contribution in [0.3, 0.4) is 0 Å². The van der Waals surface area contributed by atoms with E-state index in [1.807, 2.05) is 6.92 Å². The predicted molar refractivity (Wildman–Crippen MR) is 64.1 cm³/mol. The highest BCUT2D eigenvalue weighted by atomic mass is 16.3. The molecule has 17 heavy (non-hydrogen) atoms. The van der Waals surface area contributed by atoms with Crippen molar-refractivity contribution in [3.63, 3.8) is 0 Å². The Balaban J connectivity index is 3.02. The van der Waals surface area contributed by atoms with Crippen molar-refractivity contribution in [2.24, 2.45) is 14.1 Å². The van der Waals surface area contributed by atoms with Crippen molar-refractivity contribution in [1.82, 2.24) is 14.3 Å². The molecule has 0 aliphatic carbocycles. The minimum atomic E-state index is -0.915. The van der Waals surface area contributed by atoms with E-state index in [1.54, 1.807) is 6.92 Å². The van der Waals surface area contributed by atoms with Crippen LogP contribution in [0.15, 0.2) is 9.59 Å². The highest BCUT2D eigenvalue weighted by Gasteiger charge is 2.18. The van der Waals surface area contributed by atoms with Gasteiger partial charge in [-0.15, -0.1) is 5.10 Å². The number of nitrogens with zero attached hydrogens (tertiary/aromatic N) is 3. The summed E-state index contributed by atoms with van der Waals surface area (Å²) in [7, 11) is 2.85. The lowest BCUT2D eigenvalue weighted by Crippen LogP contribution is -2.42. The zero-order valence-corrected chi connectivity index (χ0v) is 10.5. The lowest BCUT2D eigenvalue weighted by Gasteiger charge is -2.21. The molecule has 1 aromatic heterocycles. The summed E-state index contributed by atoms with van der Waals surface area (Å²) in [6.07, 6.45) is 0.548. The molecule has 96 valence electrons. The monoisotopic (exact) mass is 242 g/mol. The molecule has 0 amide bonds. The Morgan fingerprint density at radius 1 is 1.41 bits per heavy atom. The van der Waals surface area contributed by atoms with Crippen molar-refractivity contribution in [1.29, 1.82) is 0 Å². The van der Waals surface area contributed by atoms with Gasteiger partial charge in [0.05, 0.1) is 5.60 Å². The third-order valence-electron chi connectivity index (χ3n) is 2.72. The average molecular weight is 242 g/mol. The minimum Gasteiger partial charge on any atom is -0.388 e. The Morgan fingerprint density at radius 3 is 2.53 bits per heavy atom. The molecule has 0 saturated carbocycles. The third kappa shape index (κ3) is 2.94. The van der Waals surface area contributed by atoms with Crippen LogP contribution in [-0.4, -0.2) is 31.6 Å². The number of aromatic nitrogens is 3. The molecule has 1 rings (SSSR count). The third-order valence-corrected chi connectivity index (χ3v) is 2.72. The molecule has 1 aromatic rings. The molecule has 0 spiro atoms. The fraction of sp³-hybridized carbons (Fsp3) is 0.700. The summed E-state index contributed by atoms with van der Waals surface area (Å²) in [5.41, 5.74) is -1.90. The molecule has 0 aromatic carbocycles. The highest BCUT2D eigenvalue weighted by Crippen LogP contribution is 2.07. The van der Waals surface area contributed by atoms with Gasteiger partial charge in [-0.3, -0.25) is 9.36 Å². The van der Waals surface area contributed by atoms with Gasteiger partial charge in [-0.05, 0) is 13.3 Å². The fourth-order valence-corrected chi connectivity index (χ4v) is 1.21. The number of aryl methyl sites for hydroxylation is 1. The number of anilines is 1. The van der Waals surface area contributed by atoms with E-state index in [4.69, 9.17) is 0 Å². The van der Waals surface area contributed by atoms with Crippen LogP contribution in [0.4, 0.5) is 5.82 Å². The molecule has 0 aliphatic heterocycles. The van der Waals surface area contributed by atoms with Gasteiger partial charge in [0.1, 0.15) is 0 Å². The molecule has 2 N–H and O–H groups in total. The van der Waals surface area contributed by atoms with Gasteiger partial charge in [-0.1, -0.05) is 6.92 Å². The Labute approximate surface area is 98.7 Å². The highest BCUT2D eigenvalue weighted by molar-refractivity contribution is 5.30. The van der Waals surface area contributed by atoms with Crippen molar-refractivity contribution in [2.75, 3.05) is 11.9 Å². The SMILES string of the molecule is CCC(C)(O)CNc1nn(C)c(=O)n(C)c1=O. The van der Waals surface area contributed by atoms with Gasteiger partial charge in [0.25, 0.3) is 5.56 Å². The summed E-state index contributed by atoms with van der Waals surface area (Å²) >= 11 is 0. The van der Waals surface area contributed by atoms with Gasteiger partial charge >= 0.3 is 5.69 Å². The van der Waals surface area contributed by atoms with Gasteiger partial charge in [-0.25, -0.2) is 9.48 Å². The Kier molecular flexibility index (Phi) is 3.72. The summed E-state index contributed by atoms with van der Waals surface area (Å²) in [6.45, 7) is 3.70. The van der Waals surface area contributed by atoms with E-state index in [9.17, 15) is 14.7 Å². The molecule has 1 atom stereocenters. The van der Waals surface area contributed by atoms with Crippen molar-refractivity contribution in [3.8, 4) is 0 Å². The Morgan fingerprint density at radius 2 is 2.00 bits per heavy atom. The van der Waals surface area contributed by atoms with Crippen molar-refractivity contribution < 1.29 is 5.11 Å².